The summed E-state index contributed by atoms with van der Waals surface area (Å²) in [5.41, 5.74) is 14.2. The molecule has 2 heteroatoms. The molecule has 0 fully saturated rings. The third-order valence-electron chi connectivity index (χ3n) is 7.45. The summed E-state index contributed by atoms with van der Waals surface area (Å²) in [7, 11) is 0. The molecule has 0 amide bonds. The van der Waals surface area contributed by atoms with Gasteiger partial charge in [-0.3, -0.25) is 0 Å². The smallest absolute Gasteiger partial charge is 0.234 e. The molecule has 0 saturated carbocycles. The van der Waals surface area contributed by atoms with Crippen LogP contribution in [0.2, 0.25) is 0 Å². The third kappa shape index (κ3) is 2.65. The molecule has 0 unspecified atom stereocenters. The lowest BCUT2D eigenvalue weighted by Crippen LogP contribution is -2.53. The number of rotatable bonds is 3. The quantitative estimate of drug-likeness (QED) is 0.339. The second kappa shape index (κ2) is 6.87. The van der Waals surface area contributed by atoms with E-state index in [2.05, 4.69) is 99.1 Å². The van der Waals surface area contributed by atoms with Gasteiger partial charge in [0.2, 0.25) is 5.69 Å². The SMILES string of the molecule is CC[C@]12CCc3cc(C)cc(c31)-c1c(-c3cc(C)cc(C)c3)nc(-c3ccccc3)c[n+]12. The lowest BCUT2D eigenvalue weighted by molar-refractivity contribution is -0.738. The standard InChI is InChI=1S/C30H29N2/c1-5-30-12-11-23-14-21(4)17-25(27(23)30)29-28(24-15-19(2)13-20(3)16-24)31-26(18-32(29)30)22-9-7-6-8-10-22/h6-10,13-18H,5,11-12H2,1-4H3/q+1/t30-/m0/s1. The lowest BCUT2D eigenvalue weighted by atomic mass is 9.88. The molecule has 0 radical (unpaired) electrons. The fourth-order valence-corrected chi connectivity index (χ4v) is 6.18. The summed E-state index contributed by atoms with van der Waals surface area (Å²) in [5, 5.41) is 0. The number of hydrogen-bond acceptors (Lipinski definition) is 1. The maximum Gasteiger partial charge on any atom is 0.240 e. The first-order valence-electron chi connectivity index (χ1n) is 11.8. The molecule has 0 saturated heterocycles. The van der Waals surface area contributed by atoms with Crippen LogP contribution in [0.3, 0.4) is 0 Å². The van der Waals surface area contributed by atoms with Gasteiger partial charge < -0.3 is 0 Å². The second-order valence-electron chi connectivity index (χ2n) is 9.67. The zero-order valence-corrected chi connectivity index (χ0v) is 19.4. The number of nitrogens with zero attached hydrogens (tertiary/aromatic N) is 2. The molecule has 6 rings (SSSR count). The fraction of sp³-hybridized carbons (Fsp3) is 0.267. The largest absolute Gasteiger partial charge is 0.240 e. The van der Waals surface area contributed by atoms with Crippen molar-refractivity contribution < 1.29 is 4.57 Å². The van der Waals surface area contributed by atoms with Crippen molar-refractivity contribution in [2.24, 2.45) is 0 Å². The average Bonchev–Trinajstić information content (AvgIpc) is 3.30. The molecule has 3 aromatic carbocycles. The lowest BCUT2D eigenvalue weighted by Gasteiger charge is -2.20. The number of aromatic nitrogens is 2. The van der Waals surface area contributed by atoms with Gasteiger partial charge in [0.1, 0.15) is 11.4 Å². The highest BCUT2D eigenvalue weighted by Gasteiger charge is 2.55. The predicted molar refractivity (Wildman–Crippen MR) is 131 cm³/mol. The van der Waals surface area contributed by atoms with Gasteiger partial charge in [-0.1, -0.05) is 60.5 Å². The molecule has 1 aromatic heterocycles. The zero-order chi connectivity index (χ0) is 22.0. The summed E-state index contributed by atoms with van der Waals surface area (Å²) >= 11 is 0. The normalized spacial score (nSPS) is 18.0. The highest BCUT2D eigenvalue weighted by atomic mass is 15.1. The van der Waals surface area contributed by atoms with E-state index in [0.29, 0.717) is 0 Å². The molecule has 2 nitrogen and oxygen atoms in total. The number of fused-ring (bicyclic) bond motifs is 3. The van der Waals surface area contributed by atoms with Crippen LogP contribution in [0.1, 0.15) is 47.6 Å². The summed E-state index contributed by atoms with van der Waals surface area (Å²) in [6.45, 7) is 8.94. The molecule has 0 spiro atoms. The molecule has 1 aliphatic heterocycles. The molecule has 4 aromatic rings. The Morgan fingerprint density at radius 2 is 1.59 bits per heavy atom. The minimum Gasteiger partial charge on any atom is -0.234 e. The van der Waals surface area contributed by atoms with Crippen LogP contribution >= 0.6 is 0 Å². The van der Waals surface area contributed by atoms with Crippen LogP contribution in [0.4, 0.5) is 0 Å². The number of benzene rings is 3. The van der Waals surface area contributed by atoms with Crippen LogP contribution in [0, 0.1) is 20.8 Å². The van der Waals surface area contributed by atoms with Crippen LogP contribution in [0.15, 0.2) is 66.9 Å². The molecule has 1 aliphatic carbocycles. The van der Waals surface area contributed by atoms with Gasteiger partial charge in [0.25, 0.3) is 0 Å². The zero-order valence-electron chi connectivity index (χ0n) is 19.4. The van der Waals surface area contributed by atoms with Gasteiger partial charge in [-0.25, -0.2) is 4.98 Å². The Hall–Kier alpha value is -3.26. The first-order valence-corrected chi connectivity index (χ1v) is 11.8. The fourth-order valence-electron chi connectivity index (χ4n) is 6.18. The molecule has 1 atom stereocenters. The first-order chi connectivity index (χ1) is 15.5. The minimum absolute atomic E-state index is 0.0355. The van der Waals surface area contributed by atoms with Gasteiger partial charge in [-0.15, -0.1) is 0 Å². The monoisotopic (exact) mass is 417 g/mol. The molecule has 32 heavy (non-hydrogen) atoms. The summed E-state index contributed by atoms with van der Waals surface area (Å²) in [6, 6.07) is 22.3. The van der Waals surface area contributed by atoms with Crippen molar-refractivity contribution in [1.82, 2.24) is 4.98 Å². The van der Waals surface area contributed by atoms with Crippen molar-refractivity contribution in [3.63, 3.8) is 0 Å². The maximum absolute atomic E-state index is 5.33. The van der Waals surface area contributed by atoms with Gasteiger partial charge in [-0.05, 0) is 56.5 Å². The van der Waals surface area contributed by atoms with E-state index in [4.69, 9.17) is 4.98 Å². The van der Waals surface area contributed by atoms with Crippen molar-refractivity contribution in [3.05, 3.63) is 94.7 Å². The van der Waals surface area contributed by atoms with Gasteiger partial charge in [0, 0.05) is 29.5 Å². The van der Waals surface area contributed by atoms with E-state index in [1.165, 1.54) is 44.6 Å². The Labute approximate surface area is 190 Å². The van der Waals surface area contributed by atoms with E-state index in [9.17, 15) is 0 Å². The number of aryl methyl sites for hydroxylation is 4. The Morgan fingerprint density at radius 1 is 0.875 bits per heavy atom. The van der Waals surface area contributed by atoms with Crippen LogP contribution in [-0.4, -0.2) is 4.98 Å². The summed E-state index contributed by atoms with van der Waals surface area (Å²) in [4.78, 5) is 5.33. The van der Waals surface area contributed by atoms with E-state index in [1.54, 1.807) is 5.56 Å². The van der Waals surface area contributed by atoms with E-state index < -0.39 is 0 Å². The van der Waals surface area contributed by atoms with Crippen LogP contribution in [0.5, 0.6) is 0 Å². The summed E-state index contributed by atoms with van der Waals surface area (Å²) in [5.74, 6) is 0. The third-order valence-corrected chi connectivity index (χ3v) is 7.45. The molecular weight excluding hydrogens is 388 g/mol. The highest BCUT2D eigenvalue weighted by Crippen LogP contribution is 2.51. The summed E-state index contributed by atoms with van der Waals surface area (Å²) < 4.78 is 2.59. The van der Waals surface area contributed by atoms with Crippen molar-refractivity contribution in [2.45, 2.75) is 52.5 Å². The molecule has 0 bridgehead atoms. The molecule has 2 heterocycles. The van der Waals surface area contributed by atoms with Gasteiger partial charge in [-0.2, -0.15) is 4.57 Å². The average molecular weight is 418 g/mol. The topological polar surface area (TPSA) is 16.8 Å². The Kier molecular flexibility index (Phi) is 4.17. The van der Waals surface area contributed by atoms with E-state index >= 15 is 0 Å². The minimum atomic E-state index is 0.0355. The Bertz CT molecular complexity index is 1360. The maximum atomic E-state index is 5.33. The Balaban J connectivity index is 1.75. The predicted octanol–water partition coefficient (Wildman–Crippen LogP) is 6.71. The van der Waals surface area contributed by atoms with Crippen molar-refractivity contribution in [2.75, 3.05) is 0 Å². The summed E-state index contributed by atoms with van der Waals surface area (Å²) in [6.07, 6.45) is 5.74. The van der Waals surface area contributed by atoms with Crippen molar-refractivity contribution in [3.8, 4) is 33.8 Å². The highest BCUT2D eigenvalue weighted by molar-refractivity contribution is 5.83. The van der Waals surface area contributed by atoms with E-state index in [-0.39, 0.29) is 5.54 Å². The molecule has 2 aliphatic rings. The number of hydrogen-bond donors (Lipinski definition) is 0. The van der Waals surface area contributed by atoms with Crippen molar-refractivity contribution >= 4 is 0 Å². The molecule has 158 valence electrons. The van der Waals surface area contributed by atoms with Gasteiger partial charge in [0.15, 0.2) is 11.7 Å². The first kappa shape index (κ1) is 19.4. The van der Waals surface area contributed by atoms with Crippen LogP contribution in [0.25, 0.3) is 33.8 Å². The molecule has 0 N–H and O–H groups in total. The van der Waals surface area contributed by atoms with E-state index in [1.807, 2.05) is 0 Å². The van der Waals surface area contributed by atoms with Crippen LogP contribution in [-0.2, 0) is 12.0 Å². The molecular formula is C30H29N2+. The van der Waals surface area contributed by atoms with E-state index in [0.717, 1.165) is 30.7 Å². The van der Waals surface area contributed by atoms with Crippen molar-refractivity contribution in [1.29, 1.82) is 0 Å². The van der Waals surface area contributed by atoms with Gasteiger partial charge in [0.05, 0.1) is 5.56 Å². The van der Waals surface area contributed by atoms with Crippen LogP contribution < -0.4 is 4.57 Å². The Morgan fingerprint density at radius 3 is 2.31 bits per heavy atom. The second-order valence-corrected chi connectivity index (χ2v) is 9.67. The van der Waals surface area contributed by atoms with Gasteiger partial charge >= 0.3 is 0 Å².